The molecule has 0 aromatic carbocycles. The van der Waals surface area contributed by atoms with Crippen LogP contribution in [-0.2, 0) is 0 Å². The van der Waals surface area contributed by atoms with E-state index in [9.17, 15) is 0 Å². The summed E-state index contributed by atoms with van der Waals surface area (Å²) in [7, 11) is 0. The van der Waals surface area contributed by atoms with Crippen LogP contribution in [0.3, 0.4) is 0 Å². The van der Waals surface area contributed by atoms with Gasteiger partial charge in [-0.2, -0.15) is 12.6 Å². The molecule has 0 rings (SSSR count). The Hall–Kier alpha value is 0.270. The molecule has 0 unspecified atom stereocenters. The highest BCUT2D eigenvalue weighted by Crippen LogP contribution is 1.91. The molecule has 0 aliphatic carbocycles. The number of hydrogen-bond acceptors (Lipinski definition) is 3. The second kappa shape index (κ2) is 4.43. The Morgan fingerprint density at radius 1 is 1.71 bits per heavy atom. The number of aliphatic hydroxyl groups excluding tert-OH is 1. The molecule has 3 N–H and O–H groups in total. The highest BCUT2D eigenvalue weighted by atomic mass is 32.1. The minimum atomic E-state index is -0.646. The fourth-order valence-electron chi connectivity index (χ4n) is 0.300. The lowest BCUT2D eigenvalue weighted by Gasteiger charge is -1.98. The van der Waals surface area contributed by atoms with Gasteiger partial charge in [-0.15, -0.1) is 0 Å². The van der Waals surface area contributed by atoms with Crippen LogP contribution in [0.25, 0.3) is 0 Å². The zero-order valence-corrected chi connectivity index (χ0v) is 5.06. The first kappa shape index (κ1) is 7.27. The molecule has 0 saturated heterocycles. The SMILES string of the molecule is N[C@@H](O)CCCS. The second-order valence-corrected chi connectivity index (χ2v) is 1.88. The monoisotopic (exact) mass is 121 g/mol. The predicted octanol–water partition coefficient (Wildman–Crippen LogP) is -0.0265. The molecule has 44 valence electrons. The topological polar surface area (TPSA) is 46.2 Å². The summed E-state index contributed by atoms with van der Waals surface area (Å²) >= 11 is 3.93. The van der Waals surface area contributed by atoms with E-state index >= 15 is 0 Å². The summed E-state index contributed by atoms with van der Waals surface area (Å²) < 4.78 is 0. The number of thiol groups is 1. The average Bonchev–Trinajstić information content (AvgIpc) is 1.61. The molecular weight excluding hydrogens is 110 g/mol. The second-order valence-electron chi connectivity index (χ2n) is 1.43. The van der Waals surface area contributed by atoms with Crippen LogP contribution in [-0.4, -0.2) is 17.1 Å². The van der Waals surface area contributed by atoms with E-state index < -0.39 is 6.23 Å². The van der Waals surface area contributed by atoms with Gasteiger partial charge in [0.25, 0.3) is 0 Å². The third-order valence-corrected chi connectivity index (χ3v) is 0.974. The molecular formula is C4H11NOS. The smallest absolute Gasteiger partial charge is 0.102 e. The molecule has 1 atom stereocenters. The Balaban J connectivity index is 2.68. The summed E-state index contributed by atoms with van der Waals surface area (Å²) in [6.07, 6.45) is 0.900. The number of hydrogen-bond donors (Lipinski definition) is 3. The fourth-order valence-corrected chi connectivity index (χ4v) is 0.483. The van der Waals surface area contributed by atoms with Crippen molar-refractivity contribution in [1.82, 2.24) is 0 Å². The molecule has 2 nitrogen and oxygen atoms in total. The molecule has 7 heavy (non-hydrogen) atoms. The van der Waals surface area contributed by atoms with Gasteiger partial charge < -0.3 is 10.8 Å². The Morgan fingerprint density at radius 2 is 2.29 bits per heavy atom. The highest BCUT2D eigenvalue weighted by Gasteiger charge is 1.90. The fraction of sp³-hybridized carbons (Fsp3) is 1.00. The van der Waals surface area contributed by atoms with Gasteiger partial charge in [-0.1, -0.05) is 0 Å². The number of aliphatic hydroxyl groups is 1. The van der Waals surface area contributed by atoms with Crippen LogP contribution >= 0.6 is 12.6 Å². The van der Waals surface area contributed by atoms with Crippen LogP contribution < -0.4 is 5.73 Å². The highest BCUT2D eigenvalue weighted by molar-refractivity contribution is 7.80. The van der Waals surface area contributed by atoms with Crippen molar-refractivity contribution in [3.05, 3.63) is 0 Å². The quantitative estimate of drug-likeness (QED) is 0.363. The van der Waals surface area contributed by atoms with Crippen molar-refractivity contribution in [3.8, 4) is 0 Å². The van der Waals surface area contributed by atoms with Crippen LogP contribution in [0.15, 0.2) is 0 Å². The third kappa shape index (κ3) is 6.27. The van der Waals surface area contributed by atoms with Crippen molar-refractivity contribution in [2.24, 2.45) is 5.73 Å². The van der Waals surface area contributed by atoms with Crippen LogP contribution in [0.5, 0.6) is 0 Å². The van der Waals surface area contributed by atoms with Crippen molar-refractivity contribution in [2.45, 2.75) is 19.1 Å². The molecule has 0 saturated carbocycles. The van der Waals surface area contributed by atoms with Gasteiger partial charge in [-0.05, 0) is 18.6 Å². The summed E-state index contributed by atoms with van der Waals surface area (Å²) in [4.78, 5) is 0. The Labute approximate surface area is 49.1 Å². The van der Waals surface area contributed by atoms with E-state index in [0.717, 1.165) is 12.2 Å². The van der Waals surface area contributed by atoms with Gasteiger partial charge in [-0.25, -0.2) is 0 Å². The van der Waals surface area contributed by atoms with E-state index in [1.807, 2.05) is 0 Å². The largest absolute Gasteiger partial charge is 0.379 e. The Kier molecular flexibility index (Phi) is 4.60. The van der Waals surface area contributed by atoms with Crippen molar-refractivity contribution in [2.75, 3.05) is 5.75 Å². The molecule has 0 aliphatic rings. The van der Waals surface area contributed by atoms with E-state index in [1.165, 1.54) is 0 Å². The van der Waals surface area contributed by atoms with Gasteiger partial charge in [-0.3, -0.25) is 0 Å². The molecule has 0 fully saturated rings. The molecule has 0 heterocycles. The zero-order valence-electron chi connectivity index (χ0n) is 4.17. The summed E-state index contributed by atoms with van der Waals surface area (Å²) in [5, 5.41) is 8.43. The summed E-state index contributed by atoms with van der Waals surface area (Å²) in [5.41, 5.74) is 5.00. The lowest BCUT2D eigenvalue weighted by molar-refractivity contribution is 0.171. The molecule has 0 spiro atoms. The average molecular weight is 121 g/mol. The Bertz CT molecular complexity index is 40.7. The predicted molar refractivity (Wildman–Crippen MR) is 33.3 cm³/mol. The molecule has 0 radical (unpaired) electrons. The van der Waals surface area contributed by atoms with Gasteiger partial charge in [0.1, 0.15) is 6.23 Å². The van der Waals surface area contributed by atoms with Crippen molar-refractivity contribution in [3.63, 3.8) is 0 Å². The standard InChI is InChI=1S/C4H11NOS/c5-4(6)2-1-3-7/h4,6-7H,1-3,5H2/t4-/m0/s1. The molecule has 0 amide bonds. The molecule has 0 aromatic heterocycles. The van der Waals surface area contributed by atoms with Gasteiger partial charge in [0.15, 0.2) is 0 Å². The number of nitrogens with two attached hydrogens (primary N) is 1. The first-order valence-corrected chi connectivity index (χ1v) is 2.95. The van der Waals surface area contributed by atoms with Crippen molar-refractivity contribution < 1.29 is 5.11 Å². The molecule has 3 heteroatoms. The van der Waals surface area contributed by atoms with Gasteiger partial charge in [0.05, 0.1) is 0 Å². The van der Waals surface area contributed by atoms with E-state index in [0.29, 0.717) is 6.42 Å². The maximum atomic E-state index is 8.43. The van der Waals surface area contributed by atoms with E-state index in [2.05, 4.69) is 12.6 Å². The normalized spacial score (nSPS) is 14.1. The van der Waals surface area contributed by atoms with Crippen molar-refractivity contribution in [1.29, 1.82) is 0 Å². The first-order chi connectivity index (χ1) is 3.27. The van der Waals surface area contributed by atoms with Crippen LogP contribution in [0.4, 0.5) is 0 Å². The zero-order chi connectivity index (χ0) is 5.70. The molecule has 0 aromatic rings. The third-order valence-electron chi connectivity index (χ3n) is 0.658. The lowest BCUT2D eigenvalue weighted by Crippen LogP contribution is -2.18. The van der Waals surface area contributed by atoms with Crippen molar-refractivity contribution >= 4 is 12.6 Å². The summed E-state index contributed by atoms with van der Waals surface area (Å²) in [6.45, 7) is 0. The van der Waals surface area contributed by atoms with Crippen LogP contribution in [0.2, 0.25) is 0 Å². The minimum Gasteiger partial charge on any atom is -0.379 e. The lowest BCUT2D eigenvalue weighted by atomic mass is 10.3. The molecule has 0 bridgehead atoms. The summed E-state index contributed by atoms with van der Waals surface area (Å²) in [5.74, 6) is 0.800. The maximum Gasteiger partial charge on any atom is 0.102 e. The van der Waals surface area contributed by atoms with E-state index in [4.69, 9.17) is 10.8 Å². The number of rotatable bonds is 3. The Morgan fingerprint density at radius 3 is 2.43 bits per heavy atom. The summed E-state index contributed by atoms with van der Waals surface area (Å²) in [6, 6.07) is 0. The van der Waals surface area contributed by atoms with E-state index in [-0.39, 0.29) is 0 Å². The van der Waals surface area contributed by atoms with Crippen LogP contribution in [0.1, 0.15) is 12.8 Å². The molecule has 0 aliphatic heterocycles. The van der Waals surface area contributed by atoms with Gasteiger partial charge >= 0.3 is 0 Å². The minimum absolute atomic E-state index is 0.646. The van der Waals surface area contributed by atoms with Gasteiger partial charge in [0, 0.05) is 0 Å². The van der Waals surface area contributed by atoms with E-state index in [1.54, 1.807) is 0 Å². The maximum absolute atomic E-state index is 8.43. The first-order valence-electron chi connectivity index (χ1n) is 2.32. The van der Waals surface area contributed by atoms with Crippen LogP contribution in [0, 0.1) is 0 Å². The van der Waals surface area contributed by atoms with Gasteiger partial charge in [0.2, 0.25) is 0 Å².